The van der Waals surface area contributed by atoms with Crippen LogP contribution in [0.4, 0.5) is 5.82 Å². The van der Waals surface area contributed by atoms with E-state index in [1.54, 1.807) is 30.2 Å². The van der Waals surface area contributed by atoms with Crippen LogP contribution in [0, 0.1) is 0 Å². The molecule has 0 radical (unpaired) electrons. The van der Waals surface area contributed by atoms with Crippen LogP contribution in [-0.2, 0) is 4.74 Å². The highest BCUT2D eigenvalue weighted by molar-refractivity contribution is 5.94. The van der Waals surface area contributed by atoms with Crippen molar-refractivity contribution < 1.29 is 9.53 Å². The van der Waals surface area contributed by atoms with Crippen LogP contribution in [0.25, 0.3) is 28.2 Å². The van der Waals surface area contributed by atoms with Gasteiger partial charge >= 0.3 is 0 Å². The third-order valence-electron chi connectivity index (χ3n) is 6.21. The van der Waals surface area contributed by atoms with Crippen LogP contribution in [0.2, 0.25) is 0 Å². The number of fused-ring (bicyclic) bond motifs is 1. The highest BCUT2D eigenvalue weighted by Crippen LogP contribution is 2.28. The van der Waals surface area contributed by atoms with Crippen LogP contribution in [0.1, 0.15) is 16.8 Å². The van der Waals surface area contributed by atoms with Crippen LogP contribution in [0.15, 0.2) is 55.1 Å². The number of nitrogens with zero attached hydrogens (tertiary/aromatic N) is 7. The minimum Gasteiger partial charge on any atom is -0.385 e. The van der Waals surface area contributed by atoms with Crippen molar-refractivity contribution in [1.82, 2.24) is 34.4 Å². The van der Waals surface area contributed by atoms with E-state index in [0.717, 1.165) is 43.9 Å². The van der Waals surface area contributed by atoms with Crippen molar-refractivity contribution in [2.45, 2.75) is 6.42 Å². The monoisotopic (exact) mass is 472 g/mol. The van der Waals surface area contributed by atoms with Crippen molar-refractivity contribution in [3.8, 4) is 22.5 Å². The predicted octanol–water partition coefficient (Wildman–Crippen LogP) is 2.23. The number of hydrogen-bond donors (Lipinski definition) is 1. The summed E-state index contributed by atoms with van der Waals surface area (Å²) in [5, 5.41) is 4.40. The summed E-state index contributed by atoms with van der Waals surface area (Å²) in [7, 11) is 1.72. The lowest BCUT2D eigenvalue weighted by atomic mass is 10.1. The molecule has 4 aromatic rings. The van der Waals surface area contributed by atoms with E-state index in [2.05, 4.69) is 25.0 Å². The number of aromatic nitrogens is 5. The number of amides is 1. The fraction of sp³-hybridized carbons (Fsp3) is 0.320. The molecule has 180 valence electrons. The molecule has 5 rings (SSSR count). The van der Waals surface area contributed by atoms with Gasteiger partial charge in [0.05, 0.1) is 22.5 Å². The first-order valence-corrected chi connectivity index (χ1v) is 11.7. The Bertz CT molecular complexity index is 1300. The van der Waals surface area contributed by atoms with Crippen LogP contribution < -0.4 is 5.73 Å². The zero-order chi connectivity index (χ0) is 24.2. The Hall–Kier alpha value is -3.89. The zero-order valence-electron chi connectivity index (χ0n) is 19.7. The Morgan fingerprint density at radius 2 is 1.89 bits per heavy atom. The van der Waals surface area contributed by atoms with Gasteiger partial charge < -0.3 is 15.4 Å². The van der Waals surface area contributed by atoms with Crippen molar-refractivity contribution in [1.29, 1.82) is 0 Å². The van der Waals surface area contributed by atoms with Crippen LogP contribution >= 0.6 is 0 Å². The first-order valence-electron chi connectivity index (χ1n) is 11.7. The molecular formula is C25H28N8O2. The second-order valence-corrected chi connectivity index (χ2v) is 8.50. The number of hydrogen-bond acceptors (Lipinski definition) is 8. The molecule has 0 aliphatic carbocycles. The number of pyridine rings is 2. The minimum absolute atomic E-state index is 0.00835. The van der Waals surface area contributed by atoms with E-state index in [-0.39, 0.29) is 5.91 Å². The summed E-state index contributed by atoms with van der Waals surface area (Å²) in [6.07, 6.45) is 7.91. The molecule has 1 fully saturated rings. The van der Waals surface area contributed by atoms with E-state index in [9.17, 15) is 4.79 Å². The quantitative estimate of drug-likeness (QED) is 0.407. The maximum absolute atomic E-state index is 13.0. The molecule has 10 heteroatoms. The molecule has 0 atom stereocenters. The molecule has 0 aromatic carbocycles. The van der Waals surface area contributed by atoms with Gasteiger partial charge in [-0.1, -0.05) is 6.07 Å². The number of carbonyl (C=O) groups excluding carboxylic acids is 1. The summed E-state index contributed by atoms with van der Waals surface area (Å²) in [6.45, 7) is 4.94. The second-order valence-electron chi connectivity index (χ2n) is 8.50. The SMILES string of the molecule is COCCCN1CCN(C(=O)c2ccc(-c3cnc4c(-c5ccccn5)c(N)nn4c3)nc2)CC1. The average Bonchev–Trinajstić information content (AvgIpc) is 3.24. The predicted molar refractivity (Wildman–Crippen MR) is 133 cm³/mol. The lowest BCUT2D eigenvalue weighted by Gasteiger charge is -2.34. The molecule has 0 spiro atoms. The molecular weight excluding hydrogens is 444 g/mol. The van der Waals surface area contributed by atoms with Gasteiger partial charge in [0.25, 0.3) is 5.91 Å². The minimum atomic E-state index is 0.00835. The number of rotatable bonds is 7. The van der Waals surface area contributed by atoms with Crippen LogP contribution in [0.3, 0.4) is 0 Å². The Labute approximate surface area is 203 Å². The van der Waals surface area contributed by atoms with Crippen molar-refractivity contribution in [3.63, 3.8) is 0 Å². The van der Waals surface area contributed by atoms with Crippen molar-refractivity contribution in [3.05, 3.63) is 60.7 Å². The topological polar surface area (TPSA) is 115 Å². The molecule has 1 aliphatic rings. The standard InChI is InChI=1S/C25H28N8O2/c1-35-14-4-9-31-10-12-32(13-11-31)25(34)18-6-7-20(28-15-18)19-16-29-24-22(21-5-2-3-8-27-21)23(26)30-33(24)17-19/h2-3,5-8,15-17H,4,9-14H2,1H3,(H2,26,30). The number of nitrogens with two attached hydrogens (primary N) is 1. The van der Waals surface area contributed by atoms with Gasteiger partial charge in [-0.05, 0) is 30.7 Å². The summed E-state index contributed by atoms with van der Waals surface area (Å²) in [6, 6.07) is 9.28. The average molecular weight is 473 g/mol. The first-order chi connectivity index (χ1) is 17.1. The molecule has 10 nitrogen and oxygen atoms in total. The van der Waals surface area contributed by atoms with E-state index in [0.29, 0.717) is 41.4 Å². The van der Waals surface area contributed by atoms with Gasteiger partial charge in [-0.3, -0.25) is 19.7 Å². The van der Waals surface area contributed by atoms with Gasteiger partial charge in [0, 0.05) is 76.8 Å². The molecule has 1 saturated heterocycles. The van der Waals surface area contributed by atoms with E-state index < -0.39 is 0 Å². The van der Waals surface area contributed by atoms with Gasteiger partial charge in [0.15, 0.2) is 11.5 Å². The summed E-state index contributed by atoms with van der Waals surface area (Å²) in [4.78, 5) is 30.7. The molecule has 4 aromatic heterocycles. The number of nitrogen functional groups attached to an aromatic ring is 1. The summed E-state index contributed by atoms with van der Waals surface area (Å²) in [5.41, 5.74) is 10.3. The van der Waals surface area contributed by atoms with E-state index in [4.69, 9.17) is 10.5 Å². The van der Waals surface area contributed by atoms with Crippen LogP contribution in [0.5, 0.6) is 0 Å². The fourth-order valence-electron chi connectivity index (χ4n) is 4.32. The molecule has 0 unspecified atom stereocenters. The summed E-state index contributed by atoms with van der Waals surface area (Å²) in [5.74, 6) is 0.370. The molecule has 0 saturated carbocycles. The number of carbonyl (C=O) groups is 1. The maximum atomic E-state index is 13.0. The molecule has 2 N–H and O–H groups in total. The number of anilines is 1. The van der Waals surface area contributed by atoms with Gasteiger partial charge in [0.2, 0.25) is 0 Å². The van der Waals surface area contributed by atoms with Gasteiger partial charge in [-0.15, -0.1) is 5.10 Å². The third kappa shape index (κ3) is 4.84. The van der Waals surface area contributed by atoms with Crippen LogP contribution in [-0.4, -0.2) is 86.7 Å². The molecule has 0 bridgehead atoms. The van der Waals surface area contributed by atoms with Crippen molar-refractivity contribution >= 4 is 17.4 Å². The lowest BCUT2D eigenvalue weighted by molar-refractivity contribution is 0.0623. The Kier molecular flexibility index (Phi) is 6.64. The highest BCUT2D eigenvalue weighted by atomic mass is 16.5. The number of piperazine rings is 1. The highest BCUT2D eigenvalue weighted by Gasteiger charge is 2.22. The Morgan fingerprint density at radius 3 is 2.60 bits per heavy atom. The van der Waals surface area contributed by atoms with Crippen molar-refractivity contribution in [2.75, 3.05) is 52.2 Å². The smallest absolute Gasteiger partial charge is 0.255 e. The fourth-order valence-corrected chi connectivity index (χ4v) is 4.32. The van der Waals surface area contributed by atoms with Gasteiger partial charge in [0.1, 0.15) is 0 Å². The summed E-state index contributed by atoms with van der Waals surface area (Å²) < 4.78 is 6.76. The zero-order valence-corrected chi connectivity index (χ0v) is 19.7. The number of methoxy groups -OCH3 is 1. The lowest BCUT2D eigenvalue weighted by Crippen LogP contribution is -2.49. The van der Waals surface area contributed by atoms with E-state index >= 15 is 0 Å². The molecule has 35 heavy (non-hydrogen) atoms. The Balaban J connectivity index is 1.28. The largest absolute Gasteiger partial charge is 0.385 e. The van der Waals surface area contributed by atoms with Gasteiger partial charge in [-0.2, -0.15) is 0 Å². The van der Waals surface area contributed by atoms with Gasteiger partial charge in [-0.25, -0.2) is 9.50 Å². The number of ether oxygens (including phenoxy) is 1. The second kappa shape index (κ2) is 10.2. The molecule has 5 heterocycles. The molecule has 1 aliphatic heterocycles. The normalized spacial score (nSPS) is 14.5. The van der Waals surface area contributed by atoms with Crippen molar-refractivity contribution in [2.24, 2.45) is 0 Å². The first kappa shape index (κ1) is 22.9. The molecule has 1 amide bonds. The Morgan fingerprint density at radius 1 is 1.03 bits per heavy atom. The van der Waals surface area contributed by atoms with E-state index in [1.807, 2.05) is 41.4 Å². The van der Waals surface area contributed by atoms with E-state index in [1.165, 1.54) is 0 Å². The summed E-state index contributed by atoms with van der Waals surface area (Å²) >= 11 is 0. The maximum Gasteiger partial charge on any atom is 0.255 e. The third-order valence-corrected chi connectivity index (χ3v) is 6.21.